The molecule has 0 saturated carbocycles. The van der Waals surface area contributed by atoms with Crippen molar-refractivity contribution in [2.75, 3.05) is 17.5 Å². The van der Waals surface area contributed by atoms with Crippen LogP contribution in [0.1, 0.15) is 50.8 Å². The van der Waals surface area contributed by atoms with E-state index in [2.05, 4.69) is 5.32 Å². The summed E-state index contributed by atoms with van der Waals surface area (Å²) in [6, 6.07) is 19.9. The lowest BCUT2D eigenvalue weighted by Gasteiger charge is -2.32. The molecule has 0 radical (unpaired) electrons. The largest absolute Gasteiger partial charge is 0.494 e. The summed E-state index contributed by atoms with van der Waals surface area (Å²) in [6.45, 7) is 11.4. The lowest BCUT2D eigenvalue weighted by atomic mass is 10.1. The molecule has 41 heavy (non-hydrogen) atoms. The third-order valence-electron chi connectivity index (χ3n) is 6.97. The van der Waals surface area contributed by atoms with E-state index in [1.807, 2.05) is 58.9 Å². The Bertz CT molecular complexity index is 1410. The summed E-state index contributed by atoms with van der Waals surface area (Å²) >= 11 is 0. The molecule has 0 heterocycles. The highest BCUT2D eigenvalue weighted by Crippen LogP contribution is 2.26. The van der Waals surface area contributed by atoms with Crippen LogP contribution < -0.4 is 14.4 Å². The zero-order chi connectivity index (χ0) is 30.2. The molecule has 2 atom stereocenters. The molecule has 8 nitrogen and oxygen atoms in total. The van der Waals surface area contributed by atoms with Crippen LogP contribution in [-0.2, 0) is 26.2 Å². The molecule has 9 heteroatoms. The predicted octanol–water partition coefficient (Wildman–Crippen LogP) is 5.23. The van der Waals surface area contributed by atoms with Crippen molar-refractivity contribution in [3.63, 3.8) is 0 Å². The van der Waals surface area contributed by atoms with Crippen molar-refractivity contribution < 1.29 is 22.7 Å². The first-order valence-electron chi connectivity index (χ1n) is 13.9. The third kappa shape index (κ3) is 8.33. The van der Waals surface area contributed by atoms with Gasteiger partial charge in [-0.25, -0.2) is 8.42 Å². The normalized spacial score (nSPS) is 12.7. The van der Waals surface area contributed by atoms with E-state index in [0.717, 1.165) is 27.4 Å². The second-order valence-electron chi connectivity index (χ2n) is 10.3. The van der Waals surface area contributed by atoms with E-state index in [0.29, 0.717) is 18.0 Å². The number of nitrogens with zero attached hydrogens (tertiary/aromatic N) is 2. The van der Waals surface area contributed by atoms with E-state index in [-0.39, 0.29) is 23.4 Å². The molecular weight excluding hydrogens is 538 g/mol. The van der Waals surface area contributed by atoms with Gasteiger partial charge in [-0.05, 0) is 83.0 Å². The number of carbonyl (C=O) groups is 2. The smallest absolute Gasteiger partial charge is 0.264 e. The number of rotatable bonds is 13. The summed E-state index contributed by atoms with van der Waals surface area (Å²) in [5.74, 6) is -0.238. The van der Waals surface area contributed by atoms with Crippen LogP contribution in [0.3, 0.4) is 0 Å². The number of aryl methyl sites for hydroxylation is 2. The Balaban J connectivity index is 2.01. The van der Waals surface area contributed by atoms with Crippen molar-refractivity contribution in [2.24, 2.45) is 0 Å². The molecule has 0 saturated heterocycles. The van der Waals surface area contributed by atoms with Crippen LogP contribution in [0.25, 0.3) is 0 Å². The van der Waals surface area contributed by atoms with Gasteiger partial charge in [0.1, 0.15) is 18.3 Å². The maximum atomic E-state index is 14.0. The molecule has 0 unspecified atom stereocenters. The van der Waals surface area contributed by atoms with Gasteiger partial charge in [0.05, 0.1) is 17.2 Å². The highest BCUT2D eigenvalue weighted by Gasteiger charge is 2.32. The molecule has 0 aliphatic heterocycles. The summed E-state index contributed by atoms with van der Waals surface area (Å²) in [6.07, 6.45) is 0.742. The van der Waals surface area contributed by atoms with Crippen LogP contribution in [0, 0.1) is 13.8 Å². The van der Waals surface area contributed by atoms with Gasteiger partial charge in [-0.1, -0.05) is 54.4 Å². The molecule has 2 amide bonds. The van der Waals surface area contributed by atoms with Crippen molar-refractivity contribution >= 4 is 27.5 Å². The van der Waals surface area contributed by atoms with Gasteiger partial charge < -0.3 is 15.0 Å². The number of carbonyl (C=O) groups excluding carboxylic acids is 2. The molecule has 0 bridgehead atoms. The highest BCUT2D eigenvalue weighted by molar-refractivity contribution is 7.92. The van der Waals surface area contributed by atoms with Gasteiger partial charge in [0.25, 0.3) is 10.0 Å². The maximum Gasteiger partial charge on any atom is 0.264 e. The third-order valence-corrected chi connectivity index (χ3v) is 8.75. The lowest BCUT2D eigenvalue weighted by molar-refractivity contribution is -0.139. The molecule has 0 spiro atoms. The van der Waals surface area contributed by atoms with Crippen LogP contribution in [0.15, 0.2) is 77.7 Å². The number of amides is 2. The molecule has 1 N–H and O–H groups in total. The summed E-state index contributed by atoms with van der Waals surface area (Å²) in [5, 5.41) is 2.95. The fraction of sp³-hybridized carbons (Fsp3) is 0.375. The molecule has 3 aromatic rings. The fourth-order valence-electron chi connectivity index (χ4n) is 4.18. The number of anilines is 1. The Morgan fingerprint density at radius 1 is 0.854 bits per heavy atom. The number of sulfonamides is 1. The number of nitrogens with one attached hydrogen (secondary N) is 1. The van der Waals surface area contributed by atoms with Gasteiger partial charge in [0.15, 0.2) is 0 Å². The Morgan fingerprint density at radius 3 is 1.95 bits per heavy atom. The molecule has 220 valence electrons. The molecular formula is C32H41N3O5S. The number of hydrogen-bond acceptors (Lipinski definition) is 5. The van der Waals surface area contributed by atoms with Crippen LogP contribution in [0.2, 0.25) is 0 Å². The van der Waals surface area contributed by atoms with E-state index in [1.165, 1.54) is 17.0 Å². The minimum absolute atomic E-state index is 0.0296. The summed E-state index contributed by atoms with van der Waals surface area (Å²) in [4.78, 5) is 28.6. The number of hydrogen-bond donors (Lipinski definition) is 1. The van der Waals surface area contributed by atoms with Crippen LogP contribution in [0.4, 0.5) is 5.69 Å². The SMILES string of the molecule is CCOc1ccc(S(=O)(=O)N(CC(=O)N(Cc2ccc(C)cc2)[C@@H](C)C(=O)N[C@@H](C)CC)c2ccc(C)cc2)cc1. The molecule has 0 aromatic heterocycles. The minimum atomic E-state index is -4.14. The fourth-order valence-corrected chi connectivity index (χ4v) is 5.59. The van der Waals surface area contributed by atoms with E-state index in [9.17, 15) is 18.0 Å². The Labute approximate surface area is 244 Å². The van der Waals surface area contributed by atoms with Crippen molar-refractivity contribution in [1.82, 2.24) is 10.2 Å². The van der Waals surface area contributed by atoms with E-state index < -0.39 is 28.5 Å². The highest BCUT2D eigenvalue weighted by atomic mass is 32.2. The minimum Gasteiger partial charge on any atom is -0.494 e. The van der Waals surface area contributed by atoms with Crippen LogP contribution >= 0.6 is 0 Å². The zero-order valence-corrected chi connectivity index (χ0v) is 25.6. The van der Waals surface area contributed by atoms with Gasteiger partial charge in [0, 0.05) is 12.6 Å². The van der Waals surface area contributed by atoms with Crippen molar-refractivity contribution in [3.05, 3.63) is 89.5 Å². The molecule has 0 aliphatic rings. The van der Waals surface area contributed by atoms with Gasteiger partial charge >= 0.3 is 0 Å². The maximum absolute atomic E-state index is 14.0. The standard InChI is InChI=1S/C32H41N3O5S/c1-7-25(5)33-32(37)26(6)34(21-27-13-9-23(3)10-14-27)31(36)22-35(28-15-11-24(4)12-16-28)41(38,39)30-19-17-29(18-20-30)40-8-2/h9-20,25-26H,7-8,21-22H2,1-6H3,(H,33,37)/t25-,26-/m0/s1. The topological polar surface area (TPSA) is 96.0 Å². The van der Waals surface area contributed by atoms with Gasteiger partial charge in [-0.2, -0.15) is 0 Å². The Hall–Kier alpha value is -3.85. The average molecular weight is 580 g/mol. The zero-order valence-electron chi connectivity index (χ0n) is 24.8. The molecule has 0 aliphatic carbocycles. The Morgan fingerprint density at radius 2 is 1.41 bits per heavy atom. The second kappa shape index (κ2) is 14.2. The number of ether oxygens (including phenoxy) is 1. The second-order valence-corrected chi connectivity index (χ2v) is 12.1. The Kier molecular flexibility index (Phi) is 10.9. The van der Waals surface area contributed by atoms with Gasteiger partial charge in [0.2, 0.25) is 11.8 Å². The first-order chi connectivity index (χ1) is 19.5. The molecule has 0 fully saturated rings. The monoisotopic (exact) mass is 579 g/mol. The average Bonchev–Trinajstić information content (AvgIpc) is 2.96. The van der Waals surface area contributed by atoms with Crippen LogP contribution in [0.5, 0.6) is 5.75 Å². The summed E-state index contributed by atoms with van der Waals surface area (Å²) in [7, 11) is -4.14. The van der Waals surface area contributed by atoms with E-state index in [4.69, 9.17) is 4.74 Å². The summed E-state index contributed by atoms with van der Waals surface area (Å²) < 4.78 is 34.5. The van der Waals surface area contributed by atoms with Crippen LogP contribution in [-0.4, -0.2) is 50.4 Å². The first-order valence-corrected chi connectivity index (χ1v) is 15.4. The van der Waals surface area contributed by atoms with Gasteiger partial charge in [-0.15, -0.1) is 0 Å². The predicted molar refractivity (Wildman–Crippen MR) is 162 cm³/mol. The van der Waals surface area contributed by atoms with Gasteiger partial charge in [-0.3, -0.25) is 13.9 Å². The van der Waals surface area contributed by atoms with Crippen molar-refractivity contribution in [3.8, 4) is 5.75 Å². The molecule has 3 rings (SSSR count). The quantitative estimate of drug-likeness (QED) is 0.299. The van der Waals surface area contributed by atoms with Crippen molar-refractivity contribution in [1.29, 1.82) is 0 Å². The van der Waals surface area contributed by atoms with Crippen molar-refractivity contribution in [2.45, 2.75) is 71.5 Å². The number of benzene rings is 3. The molecule has 3 aromatic carbocycles. The first kappa shape index (κ1) is 31.7. The van der Waals surface area contributed by atoms with E-state index >= 15 is 0 Å². The van der Waals surface area contributed by atoms with E-state index in [1.54, 1.807) is 43.3 Å². The lowest BCUT2D eigenvalue weighted by Crippen LogP contribution is -2.52. The summed E-state index contributed by atoms with van der Waals surface area (Å²) in [5.41, 5.74) is 3.21.